The van der Waals surface area contributed by atoms with Crippen LogP contribution in [-0.4, -0.2) is 22.2 Å². The van der Waals surface area contributed by atoms with Crippen LogP contribution < -0.4 is 5.32 Å². The van der Waals surface area contributed by atoms with Gasteiger partial charge in [-0.25, -0.2) is 0 Å². The van der Waals surface area contributed by atoms with E-state index in [1.165, 1.54) is 12.1 Å². The zero-order valence-corrected chi connectivity index (χ0v) is 12.8. The summed E-state index contributed by atoms with van der Waals surface area (Å²) in [6, 6.07) is 4.47. The number of rotatable bonds is 7. The molecule has 0 saturated heterocycles. The van der Waals surface area contributed by atoms with Crippen molar-refractivity contribution < 1.29 is 10.0 Å². The molecule has 0 bridgehead atoms. The molecule has 0 aliphatic carbocycles. The molecule has 0 spiro atoms. The van der Waals surface area contributed by atoms with Crippen LogP contribution in [0.15, 0.2) is 18.2 Å². The molecule has 0 aliphatic heterocycles. The molecule has 1 aromatic rings. The Balaban J connectivity index is 2.71. The minimum atomic E-state index is -0.845. The Kier molecular flexibility index (Phi) is 5.92. The molecule has 0 heterocycles. The lowest BCUT2D eigenvalue weighted by Crippen LogP contribution is -2.42. The Bertz CT molecular complexity index is 477. The van der Waals surface area contributed by atoms with Crippen LogP contribution >= 0.6 is 11.6 Å². The number of nitro benzene ring substituents is 1. The molecule has 0 radical (unpaired) electrons. The van der Waals surface area contributed by atoms with Gasteiger partial charge in [0.15, 0.2) is 0 Å². The summed E-state index contributed by atoms with van der Waals surface area (Å²) in [7, 11) is 0. The fourth-order valence-electron chi connectivity index (χ4n) is 1.94. The van der Waals surface area contributed by atoms with Crippen molar-refractivity contribution in [3.63, 3.8) is 0 Å². The van der Waals surface area contributed by atoms with Crippen molar-refractivity contribution in [1.82, 2.24) is 5.32 Å². The van der Waals surface area contributed by atoms with Gasteiger partial charge in [0.1, 0.15) is 0 Å². The van der Waals surface area contributed by atoms with Gasteiger partial charge in [-0.15, -0.1) is 0 Å². The minimum absolute atomic E-state index is 0.0325. The summed E-state index contributed by atoms with van der Waals surface area (Å²) in [6.07, 6.45) is 0.867. The quantitative estimate of drug-likeness (QED) is 0.599. The van der Waals surface area contributed by atoms with Crippen molar-refractivity contribution in [2.24, 2.45) is 5.92 Å². The van der Waals surface area contributed by atoms with Gasteiger partial charge in [-0.1, -0.05) is 31.9 Å². The van der Waals surface area contributed by atoms with Crippen molar-refractivity contribution in [3.8, 4) is 0 Å². The highest BCUT2D eigenvalue weighted by Gasteiger charge is 2.26. The molecule has 6 heteroatoms. The molecule has 0 aliphatic rings. The molecule has 0 amide bonds. The summed E-state index contributed by atoms with van der Waals surface area (Å²) < 4.78 is 0. The van der Waals surface area contributed by atoms with Crippen LogP contribution in [0.5, 0.6) is 0 Å². The Morgan fingerprint density at radius 1 is 1.55 bits per heavy atom. The molecular formula is C14H21ClN2O3. The molecule has 2 unspecified atom stereocenters. The van der Waals surface area contributed by atoms with Gasteiger partial charge >= 0.3 is 0 Å². The van der Waals surface area contributed by atoms with E-state index in [1.54, 1.807) is 13.0 Å². The van der Waals surface area contributed by atoms with Crippen LogP contribution in [0, 0.1) is 16.0 Å². The highest BCUT2D eigenvalue weighted by atomic mass is 35.5. The van der Waals surface area contributed by atoms with Gasteiger partial charge in [0.05, 0.1) is 10.5 Å². The fraction of sp³-hybridized carbons (Fsp3) is 0.571. The van der Waals surface area contributed by atoms with E-state index in [4.69, 9.17) is 11.6 Å². The second-order valence-corrected chi connectivity index (χ2v) is 5.74. The van der Waals surface area contributed by atoms with Crippen LogP contribution in [0.1, 0.15) is 32.8 Å². The van der Waals surface area contributed by atoms with E-state index in [2.05, 4.69) is 5.32 Å². The third kappa shape index (κ3) is 4.44. The molecule has 1 rings (SSSR count). The predicted molar refractivity (Wildman–Crippen MR) is 79.9 cm³/mol. The summed E-state index contributed by atoms with van der Waals surface area (Å²) in [5, 5.41) is 24.7. The molecule has 1 aromatic carbocycles. The number of nitrogens with one attached hydrogen (secondary N) is 1. The molecule has 0 fully saturated rings. The van der Waals surface area contributed by atoms with Gasteiger partial charge in [-0.05, 0) is 25.0 Å². The number of aliphatic hydroxyl groups is 1. The number of nitro groups is 1. The van der Waals surface area contributed by atoms with Crippen molar-refractivity contribution in [1.29, 1.82) is 0 Å². The second-order valence-electron chi connectivity index (χ2n) is 5.30. The maximum absolute atomic E-state index is 10.9. The lowest BCUT2D eigenvalue weighted by molar-refractivity contribution is -0.385. The van der Waals surface area contributed by atoms with Crippen molar-refractivity contribution in [3.05, 3.63) is 38.9 Å². The highest BCUT2D eigenvalue weighted by Crippen LogP contribution is 2.23. The van der Waals surface area contributed by atoms with Crippen LogP contribution in [0.4, 0.5) is 5.69 Å². The monoisotopic (exact) mass is 300 g/mol. The van der Waals surface area contributed by atoms with E-state index in [-0.39, 0.29) is 11.6 Å². The Hall–Kier alpha value is -1.17. The normalized spacial score (nSPS) is 15.7. The standard InChI is InChI=1S/C14H21ClN2O3/c1-4-10(2)14(3,18)9-16-8-11-7-12(15)5-6-13(11)17(19)20/h5-7,10,16,18H,4,8-9H2,1-3H3. The van der Waals surface area contributed by atoms with E-state index in [1.807, 2.05) is 13.8 Å². The molecule has 0 saturated carbocycles. The van der Waals surface area contributed by atoms with Crippen LogP contribution in [0.25, 0.3) is 0 Å². The van der Waals surface area contributed by atoms with Gasteiger partial charge in [-0.3, -0.25) is 10.1 Å². The SMILES string of the molecule is CCC(C)C(C)(O)CNCc1cc(Cl)ccc1[N+](=O)[O-]. The number of halogens is 1. The number of benzene rings is 1. The maximum atomic E-state index is 10.9. The summed E-state index contributed by atoms with van der Waals surface area (Å²) in [5.41, 5.74) is -0.296. The fourth-order valence-corrected chi connectivity index (χ4v) is 2.13. The summed E-state index contributed by atoms with van der Waals surface area (Å²) in [5.74, 6) is 0.143. The maximum Gasteiger partial charge on any atom is 0.273 e. The summed E-state index contributed by atoms with van der Waals surface area (Å²) >= 11 is 5.86. The van der Waals surface area contributed by atoms with E-state index < -0.39 is 10.5 Å². The first-order valence-corrected chi connectivity index (χ1v) is 7.01. The van der Waals surface area contributed by atoms with Gasteiger partial charge in [-0.2, -0.15) is 0 Å². The molecule has 20 heavy (non-hydrogen) atoms. The van der Waals surface area contributed by atoms with E-state index >= 15 is 0 Å². The van der Waals surface area contributed by atoms with Gasteiger partial charge in [0.25, 0.3) is 5.69 Å². The lowest BCUT2D eigenvalue weighted by atomic mass is 9.88. The number of hydrogen-bond donors (Lipinski definition) is 2. The first kappa shape index (κ1) is 16.9. The average molecular weight is 301 g/mol. The molecule has 2 atom stereocenters. The summed E-state index contributed by atoms with van der Waals surface area (Å²) in [4.78, 5) is 10.5. The second kappa shape index (κ2) is 7.02. The zero-order chi connectivity index (χ0) is 15.3. The van der Waals surface area contributed by atoms with E-state index in [0.29, 0.717) is 23.7 Å². The van der Waals surface area contributed by atoms with Gasteiger partial charge in [0.2, 0.25) is 0 Å². The number of hydrogen-bond acceptors (Lipinski definition) is 4. The lowest BCUT2D eigenvalue weighted by Gasteiger charge is -2.30. The van der Waals surface area contributed by atoms with E-state index in [0.717, 1.165) is 6.42 Å². The minimum Gasteiger partial charge on any atom is -0.389 e. The first-order chi connectivity index (χ1) is 9.27. The average Bonchev–Trinajstić information content (AvgIpc) is 2.37. The van der Waals surface area contributed by atoms with Crippen molar-refractivity contribution >= 4 is 17.3 Å². The predicted octanol–water partition coefficient (Wildman–Crippen LogP) is 3.13. The molecule has 112 valence electrons. The molecular weight excluding hydrogens is 280 g/mol. The third-order valence-corrected chi connectivity index (χ3v) is 3.95. The van der Waals surface area contributed by atoms with Crippen LogP contribution in [0.3, 0.4) is 0 Å². The van der Waals surface area contributed by atoms with Crippen LogP contribution in [-0.2, 0) is 6.54 Å². The first-order valence-electron chi connectivity index (χ1n) is 6.63. The van der Waals surface area contributed by atoms with Crippen molar-refractivity contribution in [2.45, 2.75) is 39.3 Å². The van der Waals surface area contributed by atoms with Gasteiger partial charge in [0, 0.05) is 29.7 Å². The van der Waals surface area contributed by atoms with Crippen LogP contribution in [0.2, 0.25) is 5.02 Å². The zero-order valence-electron chi connectivity index (χ0n) is 12.0. The number of nitrogens with zero attached hydrogens (tertiary/aromatic N) is 1. The molecule has 0 aromatic heterocycles. The summed E-state index contributed by atoms with van der Waals surface area (Å²) in [6.45, 7) is 6.42. The molecule has 2 N–H and O–H groups in total. The molecule has 5 nitrogen and oxygen atoms in total. The van der Waals surface area contributed by atoms with Crippen molar-refractivity contribution in [2.75, 3.05) is 6.54 Å². The Morgan fingerprint density at radius 3 is 2.75 bits per heavy atom. The largest absolute Gasteiger partial charge is 0.389 e. The highest BCUT2D eigenvalue weighted by molar-refractivity contribution is 6.30. The van der Waals surface area contributed by atoms with Gasteiger partial charge < -0.3 is 10.4 Å². The third-order valence-electron chi connectivity index (χ3n) is 3.71. The van der Waals surface area contributed by atoms with E-state index in [9.17, 15) is 15.2 Å². The smallest absolute Gasteiger partial charge is 0.273 e. The topological polar surface area (TPSA) is 75.4 Å². The Labute approximate surface area is 124 Å². The Morgan fingerprint density at radius 2 is 2.20 bits per heavy atom.